The summed E-state index contributed by atoms with van der Waals surface area (Å²) in [5, 5.41) is 3.29. The van der Waals surface area contributed by atoms with E-state index in [-0.39, 0.29) is 0 Å². The second kappa shape index (κ2) is 8.96. The number of ether oxygens (including phenoxy) is 2. The van der Waals surface area contributed by atoms with Crippen molar-refractivity contribution < 1.29 is 9.47 Å². The fraction of sp³-hybridized carbons (Fsp3) is 0.615. The molecule has 0 fully saturated rings. The molecule has 0 bridgehead atoms. The minimum atomic E-state index is 0.576. The van der Waals surface area contributed by atoms with E-state index in [1.165, 1.54) is 0 Å². The summed E-state index contributed by atoms with van der Waals surface area (Å²) in [6.45, 7) is 7.63. The summed E-state index contributed by atoms with van der Waals surface area (Å²) in [6, 6.07) is 3.96. The summed E-state index contributed by atoms with van der Waals surface area (Å²) in [5.41, 5.74) is 1.09. The Kier molecular flexibility index (Phi) is 7.34. The number of nitrogens with one attached hydrogen (secondary N) is 1. The third-order valence-corrected chi connectivity index (χ3v) is 2.27. The Hall–Kier alpha value is -1.13. The molecule has 0 atom stereocenters. The lowest BCUT2D eigenvalue weighted by molar-refractivity contribution is 0.0454. The molecule has 1 rings (SSSR count). The van der Waals surface area contributed by atoms with Crippen molar-refractivity contribution in [3.63, 3.8) is 0 Å². The van der Waals surface area contributed by atoms with Gasteiger partial charge in [0.05, 0.1) is 19.8 Å². The van der Waals surface area contributed by atoms with Crippen LogP contribution in [-0.2, 0) is 16.1 Å². The number of aromatic nitrogens is 1. The first-order valence-corrected chi connectivity index (χ1v) is 6.21. The van der Waals surface area contributed by atoms with Crippen molar-refractivity contribution in [1.29, 1.82) is 0 Å². The molecule has 0 aromatic carbocycles. The van der Waals surface area contributed by atoms with Gasteiger partial charge in [-0.05, 0) is 19.4 Å². The van der Waals surface area contributed by atoms with E-state index in [4.69, 9.17) is 9.47 Å². The van der Waals surface area contributed by atoms with Crippen molar-refractivity contribution in [3.8, 4) is 0 Å². The van der Waals surface area contributed by atoms with Gasteiger partial charge in [0.15, 0.2) is 0 Å². The van der Waals surface area contributed by atoms with Gasteiger partial charge in [-0.2, -0.15) is 0 Å². The topological polar surface area (TPSA) is 43.4 Å². The minimum Gasteiger partial charge on any atom is -0.379 e. The van der Waals surface area contributed by atoms with Crippen molar-refractivity contribution in [2.45, 2.75) is 26.9 Å². The molecule has 0 aliphatic carbocycles. The highest BCUT2D eigenvalue weighted by molar-refractivity contribution is 5.43. The fourth-order valence-corrected chi connectivity index (χ4v) is 1.40. The van der Waals surface area contributed by atoms with Crippen LogP contribution in [0, 0.1) is 0 Å². The zero-order valence-electron chi connectivity index (χ0n) is 10.7. The molecule has 0 saturated carbocycles. The second-order valence-electron chi connectivity index (χ2n) is 3.69. The first-order chi connectivity index (χ1) is 8.38. The van der Waals surface area contributed by atoms with Crippen LogP contribution in [0.5, 0.6) is 0 Å². The SMILES string of the molecule is CCCNc1ncccc1COCCOCC. The van der Waals surface area contributed by atoms with Gasteiger partial charge < -0.3 is 14.8 Å². The van der Waals surface area contributed by atoms with E-state index in [1.807, 2.05) is 19.1 Å². The summed E-state index contributed by atoms with van der Waals surface area (Å²) >= 11 is 0. The molecule has 4 heteroatoms. The molecular weight excluding hydrogens is 216 g/mol. The quantitative estimate of drug-likeness (QED) is 0.671. The van der Waals surface area contributed by atoms with Crippen LogP contribution >= 0.6 is 0 Å². The van der Waals surface area contributed by atoms with E-state index < -0.39 is 0 Å². The summed E-state index contributed by atoms with van der Waals surface area (Å²) < 4.78 is 10.7. The molecule has 0 unspecified atom stereocenters. The molecule has 1 N–H and O–H groups in total. The van der Waals surface area contributed by atoms with Crippen LogP contribution in [0.3, 0.4) is 0 Å². The first kappa shape index (κ1) is 13.9. The van der Waals surface area contributed by atoms with Crippen LogP contribution in [0.4, 0.5) is 5.82 Å². The molecule has 0 aliphatic heterocycles. The van der Waals surface area contributed by atoms with Gasteiger partial charge in [-0.25, -0.2) is 4.98 Å². The van der Waals surface area contributed by atoms with Gasteiger partial charge in [-0.1, -0.05) is 13.0 Å². The van der Waals surface area contributed by atoms with Gasteiger partial charge in [0, 0.05) is 24.9 Å². The van der Waals surface area contributed by atoms with Crippen molar-refractivity contribution in [2.75, 3.05) is 31.7 Å². The van der Waals surface area contributed by atoms with Crippen LogP contribution in [0.1, 0.15) is 25.8 Å². The van der Waals surface area contributed by atoms with Crippen molar-refractivity contribution in [3.05, 3.63) is 23.9 Å². The van der Waals surface area contributed by atoms with E-state index in [0.717, 1.165) is 31.0 Å². The Morgan fingerprint density at radius 3 is 2.82 bits per heavy atom. The zero-order valence-corrected chi connectivity index (χ0v) is 10.7. The molecule has 4 nitrogen and oxygen atoms in total. The molecule has 1 heterocycles. The molecule has 1 aromatic heterocycles. The average molecular weight is 238 g/mol. The Labute approximate surface area is 103 Å². The minimum absolute atomic E-state index is 0.576. The van der Waals surface area contributed by atoms with Gasteiger partial charge >= 0.3 is 0 Å². The average Bonchev–Trinajstić information content (AvgIpc) is 2.37. The summed E-state index contributed by atoms with van der Waals surface area (Å²) in [5.74, 6) is 0.922. The van der Waals surface area contributed by atoms with Gasteiger partial charge in [0.25, 0.3) is 0 Å². The monoisotopic (exact) mass is 238 g/mol. The smallest absolute Gasteiger partial charge is 0.131 e. The third-order valence-electron chi connectivity index (χ3n) is 2.27. The lowest BCUT2D eigenvalue weighted by Crippen LogP contribution is -2.08. The molecule has 96 valence electrons. The number of nitrogens with zero attached hydrogens (tertiary/aromatic N) is 1. The van der Waals surface area contributed by atoms with Gasteiger partial charge in [-0.3, -0.25) is 0 Å². The molecule has 0 aliphatic rings. The molecular formula is C13H22N2O2. The first-order valence-electron chi connectivity index (χ1n) is 6.21. The summed E-state index contributed by atoms with van der Waals surface area (Å²) in [7, 11) is 0. The molecule has 1 aromatic rings. The second-order valence-corrected chi connectivity index (χ2v) is 3.69. The number of hydrogen-bond donors (Lipinski definition) is 1. The van der Waals surface area contributed by atoms with Gasteiger partial charge in [-0.15, -0.1) is 0 Å². The standard InChI is InChI=1S/C13H22N2O2/c1-3-7-14-13-12(6-5-8-15-13)11-17-10-9-16-4-2/h5-6,8H,3-4,7,9-11H2,1-2H3,(H,14,15). The predicted octanol–water partition coefficient (Wildman–Crippen LogP) is 2.46. The van der Waals surface area contributed by atoms with Crippen LogP contribution in [0.25, 0.3) is 0 Å². The van der Waals surface area contributed by atoms with E-state index in [1.54, 1.807) is 6.20 Å². The Morgan fingerprint density at radius 2 is 2.06 bits per heavy atom. The number of anilines is 1. The summed E-state index contributed by atoms with van der Waals surface area (Å²) in [4.78, 5) is 4.31. The van der Waals surface area contributed by atoms with Gasteiger partial charge in [0.1, 0.15) is 5.82 Å². The molecule has 0 amide bonds. The maximum atomic E-state index is 5.54. The van der Waals surface area contributed by atoms with Crippen molar-refractivity contribution in [1.82, 2.24) is 4.98 Å². The van der Waals surface area contributed by atoms with Crippen LogP contribution < -0.4 is 5.32 Å². The predicted molar refractivity (Wildman–Crippen MR) is 69.2 cm³/mol. The van der Waals surface area contributed by atoms with Gasteiger partial charge in [0.2, 0.25) is 0 Å². The van der Waals surface area contributed by atoms with Crippen LogP contribution in [0.2, 0.25) is 0 Å². The molecule has 0 radical (unpaired) electrons. The van der Waals surface area contributed by atoms with E-state index in [0.29, 0.717) is 19.8 Å². The fourth-order valence-electron chi connectivity index (χ4n) is 1.40. The molecule has 0 spiro atoms. The third kappa shape index (κ3) is 5.65. The summed E-state index contributed by atoms with van der Waals surface area (Å²) in [6.07, 6.45) is 2.88. The lowest BCUT2D eigenvalue weighted by Gasteiger charge is -2.10. The lowest BCUT2D eigenvalue weighted by atomic mass is 10.2. The van der Waals surface area contributed by atoms with E-state index in [9.17, 15) is 0 Å². The highest BCUT2D eigenvalue weighted by atomic mass is 16.5. The van der Waals surface area contributed by atoms with E-state index in [2.05, 4.69) is 17.2 Å². The largest absolute Gasteiger partial charge is 0.379 e. The highest BCUT2D eigenvalue weighted by Crippen LogP contribution is 2.12. The number of hydrogen-bond acceptors (Lipinski definition) is 4. The maximum Gasteiger partial charge on any atom is 0.131 e. The Balaban J connectivity index is 2.35. The Bertz CT molecular complexity index is 305. The number of rotatable bonds is 9. The highest BCUT2D eigenvalue weighted by Gasteiger charge is 2.02. The van der Waals surface area contributed by atoms with Crippen molar-refractivity contribution >= 4 is 5.82 Å². The molecule has 17 heavy (non-hydrogen) atoms. The van der Waals surface area contributed by atoms with Crippen LogP contribution in [-0.4, -0.2) is 31.3 Å². The maximum absolute atomic E-state index is 5.54. The number of pyridine rings is 1. The zero-order chi connectivity index (χ0) is 12.3. The van der Waals surface area contributed by atoms with E-state index >= 15 is 0 Å². The normalized spacial score (nSPS) is 10.5. The Morgan fingerprint density at radius 1 is 1.24 bits per heavy atom. The van der Waals surface area contributed by atoms with Crippen molar-refractivity contribution in [2.24, 2.45) is 0 Å². The molecule has 0 saturated heterocycles. The van der Waals surface area contributed by atoms with Crippen LogP contribution in [0.15, 0.2) is 18.3 Å².